The largest absolute Gasteiger partial charge is 0.481 e. The van der Waals surface area contributed by atoms with Gasteiger partial charge in [-0.2, -0.15) is 0 Å². The zero-order chi connectivity index (χ0) is 16.7. The summed E-state index contributed by atoms with van der Waals surface area (Å²) in [7, 11) is 0. The Morgan fingerprint density at radius 2 is 1.96 bits per heavy atom. The van der Waals surface area contributed by atoms with Crippen molar-refractivity contribution in [3.05, 3.63) is 35.9 Å². The number of aliphatic carboxylic acids is 1. The van der Waals surface area contributed by atoms with Crippen LogP contribution in [0.25, 0.3) is 0 Å². The van der Waals surface area contributed by atoms with E-state index < -0.39 is 11.9 Å². The van der Waals surface area contributed by atoms with E-state index >= 15 is 0 Å². The predicted octanol–water partition coefficient (Wildman–Crippen LogP) is 2.77. The second-order valence-electron chi connectivity index (χ2n) is 6.00. The van der Waals surface area contributed by atoms with Crippen molar-refractivity contribution in [2.75, 3.05) is 13.2 Å². The molecule has 1 aromatic rings. The van der Waals surface area contributed by atoms with Gasteiger partial charge in [0.1, 0.15) is 0 Å². The molecule has 5 nitrogen and oxygen atoms in total. The lowest BCUT2D eigenvalue weighted by atomic mass is 9.81. The Hall–Kier alpha value is -1.88. The molecule has 0 radical (unpaired) electrons. The SMILES string of the molecule is CCOC(CNC(=O)C1CCCC(C(=O)O)C1)c1ccccc1. The van der Waals surface area contributed by atoms with E-state index in [9.17, 15) is 9.59 Å². The standard InChI is InChI=1S/C18H25NO4/c1-2-23-16(13-7-4-3-5-8-13)12-19-17(20)14-9-6-10-15(11-14)18(21)22/h3-5,7-8,14-16H,2,6,9-12H2,1H3,(H,19,20)(H,21,22). The number of carboxylic acid groups (broad SMARTS) is 1. The number of ether oxygens (including phenoxy) is 1. The molecule has 0 heterocycles. The van der Waals surface area contributed by atoms with Gasteiger partial charge in [0.15, 0.2) is 0 Å². The van der Waals surface area contributed by atoms with Crippen LogP contribution in [0.5, 0.6) is 0 Å². The Morgan fingerprint density at radius 3 is 2.61 bits per heavy atom. The molecule has 1 amide bonds. The van der Waals surface area contributed by atoms with Gasteiger partial charge in [-0.25, -0.2) is 0 Å². The predicted molar refractivity (Wildman–Crippen MR) is 86.9 cm³/mol. The van der Waals surface area contributed by atoms with Crippen molar-refractivity contribution in [3.8, 4) is 0 Å². The minimum atomic E-state index is -0.793. The Balaban J connectivity index is 1.90. The molecule has 0 bridgehead atoms. The number of carbonyl (C=O) groups is 2. The minimum absolute atomic E-state index is 0.0587. The molecule has 1 aliphatic rings. The second kappa shape index (κ2) is 8.67. The maximum absolute atomic E-state index is 12.3. The van der Waals surface area contributed by atoms with E-state index in [0.717, 1.165) is 18.4 Å². The Morgan fingerprint density at radius 1 is 1.26 bits per heavy atom. The maximum Gasteiger partial charge on any atom is 0.306 e. The van der Waals surface area contributed by atoms with Crippen LogP contribution in [-0.4, -0.2) is 30.1 Å². The lowest BCUT2D eigenvalue weighted by molar-refractivity contribution is -0.144. The summed E-state index contributed by atoms with van der Waals surface area (Å²) < 4.78 is 5.72. The molecule has 0 saturated heterocycles. The number of rotatable bonds is 7. The topological polar surface area (TPSA) is 75.6 Å². The van der Waals surface area contributed by atoms with Crippen molar-refractivity contribution in [3.63, 3.8) is 0 Å². The number of hydrogen-bond acceptors (Lipinski definition) is 3. The summed E-state index contributed by atoms with van der Waals surface area (Å²) >= 11 is 0. The highest BCUT2D eigenvalue weighted by atomic mass is 16.5. The lowest BCUT2D eigenvalue weighted by Crippen LogP contribution is -2.37. The van der Waals surface area contributed by atoms with Crippen molar-refractivity contribution >= 4 is 11.9 Å². The third kappa shape index (κ3) is 5.06. The minimum Gasteiger partial charge on any atom is -0.481 e. The molecule has 3 atom stereocenters. The fourth-order valence-electron chi connectivity index (χ4n) is 3.13. The first-order chi connectivity index (χ1) is 11.1. The van der Waals surface area contributed by atoms with Crippen LogP contribution in [0.3, 0.4) is 0 Å². The van der Waals surface area contributed by atoms with E-state index in [1.807, 2.05) is 37.3 Å². The van der Waals surface area contributed by atoms with E-state index in [0.29, 0.717) is 26.0 Å². The van der Waals surface area contributed by atoms with Gasteiger partial charge < -0.3 is 15.2 Å². The van der Waals surface area contributed by atoms with Gasteiger partial charge in [-0.15, -0.1) is 0 Å². The summed E-state index contributed by atoms with van der Waals surface area (Å²) in [6, 6.07) is 9.80. The van der Waals surface area contributed by atoms with Crippen molar-refractivity contribution in [1.82, 2.24) is 5.32 Å². The average Bonchev–Trinajstić information content (AvgIpc) is 2.59. The molecule has 0 aliphatic heterocycles. The second-order valence-corrected chi connectivity index (χ2v) is 6.00. The molecular formula is C18H25NO4. The zero-order valence-electron chi connectivity index (χ0n) is 13.5. The van der Waals surface area contributed by atoms with Crippen LogP contribution in [0.4, 0.5) is 0 Å². The van der Waals surface area contributed by atoms with Crippen LogP contribution >= 0.6 is 0 Å². The molecule has 126 valence electrons. The average molecular weight is 319 g/mol. The van der Waals surface area contributed by atoms with Crippen molar-refractivity contribution in [2.45, 2.75) is 38.7 Å². The summed E-state index contributed by atoms with van der Waals surface area (Å²) in [4.78, 5) is 23.5. The van der Waals surface area contributed by atoms with Crippen LogP contribution in [0.2, 0.25) is 0 Å². The summed E-state index contributed by atoms with van der Waals surface area (Å²) in [6.07, 6.45) is 2.49. The van der Waals surface area contributed by atoms with Gasteiger partial charge in [-0.3, -0.25) is 9.59 Å². The fourth-order valence-corrected chi connectivity index (χ4v) is 3.13. The molecule has 0 aromatic heterocycles. The number of amides is 1. The van der Waals surface area contributed by atoms with E-state index in [2.05, 4.69) is 5.32 Å². The van der Waals surface area contributed by atoms with Gasteiger partial charge in [-0.1, -0.05) is 36.8 Å². The monoisotopic (exact) mass is 319 g/mol. The fraction of sp³-hybridized carbons (Fsp3) is 0.556. The molecule has 3 unspecified atom stereocenters. The van der Waals surface area contributed by atoms with Crippen LogP contribution in [-0.2, 0) is 14.3 Å². The summed E-state index contributed by atoms with van der Waals surface area (Å²) in [6.45, 7) is 2.90. The molecule has 1 fully saturated rings. The molecule has 5 heteroatoms. The lowest BCUT2D eigenvalue weighted by Gasteiger charge is -2.26. The van der Waals surface area contributed by atoms with Crippen molar-refractivity contribution in [1.29, 1.82) is 0 Å². The molecule has 2 N–H and O–H groups in total. The van der Waals surface area contributed by atoms with Gasteiger partial charge in [0.2, 0.25) is 5.91 Å². The molecule has 1 saturated carbocycles. The smallest absolute Gasteiger partial charge is 0.306 e. The molecule has 0 spiro atoms. The van der Waals surface area contributed by atoms with Gasteiger partial charge in [0, 0.05) is 19.1 Å². The number of hydrogen-bond donors (Lipinski definition) is 2. The third-order valence-electron chi connectivity index (χ3n) is 4.40. The van der Waals surface area contributed by atoms with Crippen LogP contribution in [0.1, 0.15) is 44.3 Å². The van der Waals surface area contributed by atoms with E-state index in [4.69, 9.17) is 9.84 Å². The van der Waals surface area contributed by atoms with Crippen LogP contribution in [0, 0.1) is 11.8 Å². The van der Waals surface area contributed by atoms with Crippen molar-refractivity contribution < 1.29 is 19.4 Å². The first kappa shape index (κ1) is 17.5. The number of carbonyl (C=O) groups excluding carboxylic acids is 1. The zero-order valence-corrected chi connectivity index (χ0v) is 13.5. The van der Waals surface area contributed by atoms with Gasteiger partial charge in [0.05, 0.1) is 12.0 Å². The Bertz CT molecular complexity index is 517. The van der Waals surface area contributed by atoms with Crippen LogP contribution in [0.15, 0.2) is 30.3 Å². The number of benzene rings is 1. The van der Waals surface area contributed by atoms with Gasteiger partial charge in [-0.05, 0) is 31.7 Å². The summed E-state index contributed by atoms with van der Waals surface area (Å²) in [5.74, 6) is -1.45. The van der Waals surface area contributed by atoms with Gasteiger partial charge >= 0.3 is 5.97 Å². The molecule has 1 aromatic carbocycles. The maximum atomic E-state index is 12.3. The Labute approximate surface area is 137 Å². The Kier molecular flexibility index (Phi) is 6.59. The molecular weight excluding hydrogens is 294 g/mol. The number of nitrogens with one attached hydrogen (secondary N) is 1. The summed E-state index contributed by atoms with van der Waals surface area (Å²) in [5, 5.41) is 12.1. The third-order valence-corrected chi connectivity index (χ3v) is 4.40. The summed E-state index contributed by atoms with van der Waals surface area (Å²) in [5.41, 5.74) is 1.03. The quantitative estimate of drug-likeness (QED) is 0.810. The van der Waals surface area contributed by atoms with Crippen LogP contribution < -0.4 is 5.32 Å². The van der Waals surface area contributed by atoms with Crippen molar-refractivity contribution in [2.24, 2.45) is 11.8 Å². The highest BCUT2D eigenvalue weighted by Gasteiger charge is 2.31. The highest BCUT2D eigenvalue weighted by molar-refractivity contribution is 5.80. The first-order valence-electron chi connectivity index (χ1n) is 8.28. The number of carboxylic acids is 1. The van der Waals surface area contributed by atoms with E-state index in [1.54, 1.807) is 0 Å². The molecule has 1 aliphatic carbocycles. The van der Waals surface area contributed by atoms with E-state index in [-0.39, 0.29) is 17.9 Å². The normalized spacial score (nSPS) is 22.3. The molecule has 23 heavy (non-hydrogen) atoms. The highest BCUT2D eigenvalue weighted by Crippen LogP contribution is 2.29. The van der Waals surface area contributed by atoms with Gasteiger partial charge in [0.25, 0.3) is 0 Å². The van der Waals surface area contributed by atoms with E-state index in [1.165, 1.54) is 0 Å². The first-order valence-corrected chi connectivity index (χ1v) is 8.28. The molecule has 2 rings (SSSR count).